The molecule has 0 spiro atoms. The van der Waals surface area contributed by atoms with Gasteiger partial charge in [0.1, 0.15) is 11.9 Å². The Kier molecular flexibility index (Phi) is 4.46. The summed E-state index contributed by atoms with van der Waals surface area (Å²) in [5.41, 5.74) is 0.574. The molecule has 0 aromatic carbocycles. The number of imidazole rings is 1. The molecule has 1 N–H and O–H groups in total. The van der Waals surface area contributed by atoms with Gasteiger partial charge in [0, 0.05) is 19.6 Å². The van der Waals surface area contributed by atoms with Gasteiger partial charge in [-0.25, -0.2) is 4.57 Å². The summed E-state index contributed by atoms with van der Waals surface area (Å²) in [6.45, 7) is 5.24. The fourth-order valence-corrected chi connectivity index (χ4v) is 2.18. The van der Waals surface area contributed by atoms with Crippen molar-refractivity contribution < 1.29 is 14.8 Å². The Morgan fingerprint density at radius 2 is 2.21 bits per heavy atom. The first kappa shape index (κ1) is 13.9. The number of aliphatic hydroxyl groups excluding tert-OH is 1. The predicted octanol–water partition coefficient (Wildman–Crippen LogP) is -0.207. The molecule has 8 nitrogen and oxygen atoms in total. The third kappa shape index (κ3) is 3.72. The number of ether oxygens (including phenoxy) is 1. The molecule has 2 heterocycles. The predicted molar refractivity (Wildman–Crippen MR) is 66.9 cm³/mol. The van der Waals surface area contributed by atoms with Crippen molar-refractivity contribution in [2.24, 2.45) is 0 Å². The number of β-amino-alcohol motifs (C(OH)–C–C–N with tert-alkyl or cyclic N) is 1. The van der Waals surface area contributed by atoms with Crippen molar-refractivity contribution >= 4 is 5.95 Å². The number of hydrogen-bond acceptors (Lipinski definition) is 6. The quantitative estimate of drug-likeness (QED) is 0.588. The van der Waals surface area contributed by atoms with Crippen molar-refractivity contribution in [1.82, 2.24) is 14.5 Å². The van der Waals surface area contributed by atoms with Crippen molar-refractivity contribution in [3.8, 4) is 0 Å². The van der Waals surface area contributed by atoms with Gasteiger partial charge < -0.3 is 20.0 Å². The molecule has 1 aliphatic rings. The van der Waals surface area contributed by atoms with E-state index in [0.29, 0.717) is 25.5 Å². The van der Waals surface area contributed by atoms with Crippen LogP contribution < -0.4 is 0 Å². The standard InChI is InChI=1S/C11H18N4O4/c1-9-6-14(11(12-9)15(17)18)8-10(16)7-13-2-4-19-5-3-13/h6,10,16H,2-5,7-8H2,1H3. The van der Waals surface area contributed by atoms with Gasteiger partial charge in [-0.3, -0.25) is 4.90 Å². The minimum atomic E-state index is -0.662. The van der Waals surface area contributed by atoms with Gasteiger partial charge in [0.25, 0.3) is 0 Å². The molecule has 8 heteroatoms. The molecular formula is C11H18N4O4. The molecule has 1 unspecified atom stereocenters. The number of rotatable bonds is 5. The molecule has 0 aliphatic carbocycles. The fraction of sp³-hybridized carbons (Fsp3) is 0.727. The molecule has 19 heavy (non-hydrogen) atoms. The summed E-state index contributed by atoms with van der Waals surface area (Å²) in [4.78, 5) is 16.2. The lowest BCUT2D eigenvalue weighted by molar-refractivity contribution is -0.397. The van der Waals surface area contributed by atoms with Gasteiger partial charge in [0.2, 0.25) is 0 Å². The normalized spacial score (nSPS) is 18.4. The summed E-state index contributed by atoms with van der Waals surface area (Å²) in [7, 11) is 0. The molecule has 0 radical (unpaired) electrons. The van der Waals surface area contributed by atoms with Gasteiger partial charge in [0.05, 0.1) is 25.9 Å². The average molecular weight is 270 g/mol. The maximum absolute atomic E-state index is 10.8. The van der Waals surface area contributed by atoms with Crippen molar-refractivity contribution in [3.05, 3.63) is 22.0 Å². The van der Waals surface area contributed by atoms with E-state index in [-0.39, 0.29) is 12.5 Å². The largest absolute Gasteiger partial charge is 0.434 e. The number of aryl methyl sites for hydroxylation is 1. The highest BCUT2D eigenvalue weighted by Crippen LogP contribution is 2.12. The monoisotopic (exact) mass is 270 g/mol. The molecule has 0 saturated carbocycles. The van der Waals surface area contributed by atoms with E-state index in [1.807, 2.05) is 0 Å². The molecule has 1 atom stereocenters. The number of morpholine rings is 1. The van der Waals surface area contributed by atoms with Gasteiger partial charge in [-0.05, 0) is 11.8 Å². The smallest absolute Gasteiger partial charge is 0.390 e. The lowest BCUT2D eigenvalue weighted by Gasteiger charge is -2.28. The lowest BCUT2D eigenvalue weighted by Crippen LogP contribution is -2.42. The summed E-state index contributed by atoms with van der Waals surface area (Å²) in [6, 6.07) is 0. The molecule has 1 saturated heterocycles. The Hall–Kier alpha value is -1.51. The average Bonchev–Trinajstić information content (AvgIpc) is 2.71. The highest BCUT2D eigenvalue weighted by Gasteiger charge is 2.22. The summed E-state index contributed by atoms with van der Waals surface area (Å²) < 4.78 is 6.61. The van der Waals surface area contributed by atoms with Crippen LogP contribution in [0.25, 0.3) is 0 Å². The van der Waals surface area contributed by atoms with E-state index in [2.05, 4.69) is 9.88 Å². The van der Waals surface area contributed by atoms with Crippen LogP contribution in [0, 0.1) is 17.0 Å². The SMILES string of the molecule is Cc1cn(CC(O)CN2CCOCC2)c([N+](=O)[O-])n1. The number of aliphatic hydroxyl groups is 1. The van der Waals surface area contributed by atoms with Gasteiger partial charge >= 0.3 is 5.95 Å². The second-order valence-corrected chi connectivity index (χ2v) is 4.66. The molecule has 2 rings (SSSR count). The van der Waals surface area contributed by atoms with Crippen molar-refractivity contribution in [2.45, 2.75) is 19.6 Å². The van der Waals surface area contributed by atoms with Crippen molar-refractivity contribution in [3.63, 3.8) is 0 Å². The summed E-state index contributed by atoms with van der Waals surface area (Å²) >= 11 is 0. The molecule has 1 aromatic rings. The Morgan fingerprint density at radius 1 is 1.53 bits per heavy atom. The second-order valence-electron chi connectivity index (χ2n) is 4.66. The highest BCUT2D eigenvalue weighted by atomic mass is 16.6. The third-order valence-corrected chi connectivity index (χ3v) is 3.02. The first-order chi connectivity index (χ1) is 9.06. The van der Waals surface area contributed by atoms with Crippen LogP contribution in [0.5, 0.6) is 0 Å². The van der Waals surface area contributed by atoms with Crippen LogP contribution in [0.3, 0.4) is 0 Å². The van der Waals surface area contributed by atoms with E-state index in [9.17, 15) is 15.2 Å². The van der Waals surface area contributed by atoms with Gasteiger partial charge in [-0.15, -0.1) is 0 Å². The van der Waals surface area contributed by atoms with E-state index in [0.717, 1.165) is 13.1 Å². The first-order valence-corrected chi connectivity index (χ1v) is 6.22. The van der Waals surface area contributed by atoms with E-state index in [4.69, 9.17) is 4.74 Å². The maximum atomic E-state index is 10.8. The first-order valence-electron chi connectivity index (χ1n) is 6.22. The van der Waals surface area contributed by atoms with Gasteiger partial charge in [0.15, 0.2) is 0 Å². The van der Waals surface area contributed by atoms with Crippen molar-refractivity contribution in [1.29, 1.82) is 0 Å². The van der Waals surface area contributed by atoms with Crippen LogP contribution in [0.15, 0.2) is 6.20 Å². The Morgan fingerprint density at radius 3 is 2.84 bits per heavy atom. The van der Waals surface area contributed by atoms with Crippen LogP contribution in [0.4, 0.5) is 5.95 Å². The minimum Gasteiger partial charge on any atom is -0.390 e. The molecule has 1 aromatic heterocycles. The van der Waals surface area contributed by atoms with Crippen molar-refractivity contribution in [2.75, 3.05) is 32.8 Å². The third-order valence-electron chi connectivity index (χ3n) is 3.02. The molecule has 0 bridgehead atoms. The van der Waals surface area contributed by atoms with E-state index >= 15 is 0 Å². The fourth-order valence-electron chi connectivity index (χ4n) is 2.18. The Labute approximate surface area is 110 Å². The summed E-state index contributed by atoms with van der Waals surface area (Å²) in [5.74, 6) is -0.224. The summed E-state index contributed by atoms with van der Waals surface area (Å²) in [5, 5.41) is 20.8. The van der Waals surface area contributed by atoms with Gasteiger partial charge in [-0.2, -0.15) is 0 Å². The van der Waals surface area contributed by atoms with Crippen LogP contribution in [0.1, 0.15) is 5.69 Å². The molecule has 0 amide bonds. The van der Waals surface area contributed by atoms with Crippen LogP contribution in [-0.4, -0.2) is 63.4 Å². The zero-order chi connectivity index (χ0) is 13.8. The van der Waals surface area contributed by atoms with Crippen LogP contribution in [-0.2, 0) is 11.3 Å². The minimum absolute atomic E-state index is 0.175. The number of nitro groups is 1. The maximum Gasteiger partial charge on any atom is 0.434 e. The van der Waals surface area contributed by atoms with E-state index in [1.54, 1.807) is 13.1 Å². The second kappa shape index (κ2) is 6.09. The number of hydrogen-bond donors (Lipinski definition) is 1. The molecule has 1 fully saturated rings. The Balaban J connectivity index is 1.94. The number of aromatic nitrogens is 2. The molecule has 1 aliphatic heterocycles. The summed E-state index contributed by atoms with van der Waals surface area (Å²) in [6.07, 6.45) is 0.922. The van der Waals surface area contributed by atoms with Crippen LogP contribution in [0.2, 0.25) is 0 Å². The van der Waals surface area contributed by atoms with Gasteiger partial charge in [-0.1, -0.05) is 4.98 Å². The number of nitrogens with zero attached hydrogens (tertiary/aromatic N) is 4. The van der Waals surface area contributed by atoms with Crippen LogP contribution >= 0.6 is 0 Å². The van der Waals surface area contributed by atoms with E-state index < -0.39 is 11.0 Å². The zero-order valence-corrected chi connectivity index (χ0v) is 10.9. The van der Waals surface area contributed by atoms with E-state index in [1.165, 1.54) is 4.57 Å². The highest BCUT2D eigenvalue weighted by molar-refractivity contribution is 5.13. The zero-order valence-electron chi connectivity index (χ0n) is 10.9. The Bertz CT molecular complexity index is 442. The topological polar surface area (TPSA) is 93.7 Å². The molecule has 106 valence electrons. The lowest BCUT2D eigenvalue weighted by atomic mass is 10.3. The molecular weight excluding hydrogens is 252 g/mol.